The number of rotatable bonds is 7. The number of nitrogens with zero attached hydrogens (tertiary/aromatic N) is 1. The molecule has 3 rings (SSSR count). The van der Waals surface area contributed by atoms with E-state index in [-0.39, 0.29) is 0 Å². The molecule has 0 N–H and O–H groups in total. The first-order valence-corrected chi connectivity index (χ1v) is 10.3. The van der Waals surface area contributed by atoms with Crippen LogP contribution < -0.4 is 4.74 Å². The quantitative estimate of drug-likeness (QED) is 0.643. The van der Waals surface area contributed by atoms with Crippen molar-refractivity contribution in [3.05, 3.63) is 65.7 Å². The van der Waals surface area contributed by atoms with E-state index in [2.05, 4.69) is 89.2 Å². The Kier molecular flexibility index (Phi) is 6.14. The van der Waals surface area contributed by atoms with Crippen molar-refractivity contribution in [2.45, 2.75) is 50.6 Å². The average Bonchev–Trinajstić information content (AvgIpc) is 2.91. The van der Waals surface area contributed by atoms with Crippen molar-refractivity contribution in [1.29, 1.82) is 0 Å². The van der Waals surface area contributed by atoms with E-state index >= 15 is 0 Å². The lowest BCUT2D eigenvalue weighted by Gasteiger charge is -2.37. The van der Waals surface area contributed by atoms with E-state index in [9.17, 15) is 0 Å². The van der Waals surface area contributed by atoms with Crippen molar-refractivity contribution in [2.24, 2.45) is 0 Å². The number of hydrogen-bond acceptors (Lipinski definition) is 4. The van der Waals surface area contributed by atoms with Gasteiger partial charge in [-0.2, -0.15) is 0 Å². The van der Waals surface area contributed by atoms with Crippen LogP contribution in [0.1, 0.15) is 45.2 Å². The van der Waals surface area contributed by atoms with Gasteiger partial charge in [0.2, 0.25) is 0 Å². The molecule has 0 aromatic heterocycles. The van der Waals surface area contributed by atoms with Crippen molar-refractivity contribution in [3.63, 3.8) is 0 Å². The predicted octanol–water partition coefficient (Wildman–Crippen LogP) is 4.56. The van der Waals surface area contributed by atoms with Gasteiger partial charge in [-0.25, -0.2) is 0 Å². The molecule has 0 radical (unpaired) electrons. The van der Waals surface area contributed by atoms with Crippen LogP contribution in [-0.2, 0) is 14.6 Å². The van der Waals surface area contributed by atoms with Gasteiger partial charge in [0.25, 0.3) is 0 Å². The highest BCUT2D eigenvalue weighted by atomic mass is 16.7. The second-order valence-corrected chi connectivity index (χ2v) is 9.21. The summed E-state index contributed by atoms with van der Waals surface area (Å²) >= 11 is 0. The molecular formula is C24H34BNO3. The molecule has 1 atom stereocenters. The third-order valence-electron chi connectivity index (χ3n) is 6.50. The molecular weight excluding hydrogens is 361 g/mol. The monoisotopic (exact) mass is 395 g/mol. The van der Waals surface area contributed by atoms with Crippen LogP contribution in [0.25, 0.3) is 0 Å². The van der Waals surface area contributed by atoms with Crippen LogP contribution in [0.2, 0.25) is 0 Å². The van der Waals surface area contributed by atoms with Gasteiger partial charge >= 0.3 is 7.12 Å². The Labute approximate surface area is 176 Å². The fraction of sp³-hybridized carbons (Fsp3) is 0.500. The molecule has 4 nitrogen and oxygen atoms in total. The lowest BCUT2D eigenvalue weighted by atomic mass is 9.49. The first-order chi connectivity index (χ1) is 13.6. The SMILES string of the molecule is COc1ccc(C(CCN(C)C)(B2OC(C)(C)C(C)(C)O2)c2ccccc2)cc1. The van der Waals surface area contributed by atoms with Crippen LogP contribution in [0.3, 0.4) is 0 Å². The normalized spacial score (nSPS) is 19.9. The molecule has 156 valence electrons. The highest BCUT2D eigenvalue weighted by molar-refractivity contribution is 6.51. The summed E-state index contributed by atoms with van der Waals surface area (Å²) in [5.74, 6) is 0.845. The van der Waals surface area contributed by atoms with Gasteiger partial charge in [-0.15, -0.1) is 0 Å². The van der Waals surface area contributed by atoms with Gasteiger partial charge in [0.15, 0.2) is 0 Å². The van der Waals surface area contributed by atoms with Crippen LogP contribution in [0.15, 0.2) is 54.6 Å². The Morgan fingerprint density at radius 2 is 1.38 bits per heavy atom. The summed E-state index contributed by atoms with van der Waals surface area (Å²) in [5.41, 5.74) is 1.57. The second kappa shape index (κ2) is 8.13. The molecule has 5 heteroatoms. The third-order valence-corrected chi connectivity index (χ3v) is 6.50. The Morgan fingerprint density at radius 1 is 0.862 bits per heavy atom. The maximum atomic E-state index is 6.66. The van der Waals surface area contributed by atoms with E-state index in [0.717, 1.165) is 18.7 Å². The summed E-state index contributed by atoms with van der Waals surface area (Å²) in [6, 6.07) is 18.9. The summed E-state index contributed by atoms with van der Waals surface area (Å²) in [6.07, 6.45) is 0.868. The smallest absolute Gasteiger partial charge is 0.473 e. The molecule has 2 aromatic carbocycles. The second-order valence-electron chi connectivity index (χ2n) is 9.21. The van der Waals surface area contributed by atoms with Gasteiger partial charge < -0.3 is 18.9 Å². The Morgan fingerprint density at radius 3 is 1.86 bits per heavy atom. The van der Waals surface area contributed by atoms with E-state index < -0.39 is 23.6 Å². The zero-order chi connectivity index (χ0) is 21.3. The van der Waals surface area contributed by atoms with Crippen molar-refractivity contribution >= 4 is 7.12 Å². The van der Waals surface area contributed by atoms with E-state index in [4.69, 9.17) is 14.0 Å². The largest absolute Gasteiger partial charge is 0.497 e. The molecule has 29 heavy (non-hydrogen) atoms. The molecule has 1 aliphatic rings. The number of ether oxygens (including phenoxy) is 1. The summed E-state index contributed by atoms with van der Waals surface area (Å²) in [7, 11) is 5.50. The summed E-state index contributed by atoms with van der Waals surface area (Å²) < 4.78 is 18.7. The Bertz CT molecular complexity index is 789. The van der Waals surface area contributed by atoms with Crippen molar-refractivity contribution in [1.82, 2.24) is 4.90 Å². The molecule has 1 saturated heterocycles. The first kappa shape index (κ1) is 21.9. The number of hydrogen-bond donors (Lipinski definition) is 0. The maximum Gasteiger partial charge on any atom is 0.473 e. The summed E-state index contributed by atoms with van der Waals surface area (Å²) in [4.78, 5) is 2.21. The minimum atomic E-state index is -0.442. The summed E-state index contributed by atoms with van der Waals surface area (Å²) in [6.45, 7) is 9.36. The lowest BCUT2D eigenvalue weighted by molar-refractivity contribution is 0.00578. The topological polar surface area (TPSA) is 30.9 Å². The van der Waals surface area contributed by atoms with Gasteiger partial charge in [-0.05, 0) is 78.0 Å². The number of benzene rings is 2. The Balaban J connectivity index is 2.19. The molecule has 2 aromatic rings. The van der Waals surface area contributed by atoms with Crippen LogP contribution >= 0.6 is 0 Å². The molecule has 0 bridgehead atoms. The van der Waals surface area contributed by atoms with Crippen LogP contribution in [-0.4, -0.2) is 51.0 Å². The predicted molar refractivity (Wildman–Crippen MR) is 119 cm³/mol. The fourth-order valence-electron chi connectivity index (χ4n) is 3.91. The molecule has 0 saturated carbocycles. The van der Waals surface area contributed by atoms with E-state index in [1.54, 1.807) is 7.11 Å². The molecule has 0 amide bonds. The Hall–Kier alpha value is -1.82. The zero-order valence-corrected chi connectivity index (χ0v) is 18.9. The molecule has 0 spiro atoms. The minimum absolute atomic E-state index is 0.400. The van der Waals surface area contributed by atoms with E-state index in [1.807, 2.05) is 12.1 Å². The van der Waals surface area contributed by atoms with Crippen LogP contribution in [0.4, 0.5) is 0 Å². The van der Waals surface area contributed by atoms with Crippen molar-refractivity contribution < 1.29 is 14.0 Å². The van der Waals surface area contributed by atoms with Gasteiger partial charge in [-0.3, -0.25) is 0 Å². The number of methoxy groups -OCH3 is 1. The molecule has 1 heterocycles. The van der Waals surface area contributed by atoms with Crippen LogP contribution in [0, 0.1) is 0 Å². The average molecular weight is 395 g/mol. The van der Waals surface area contributed by atoms with Gasteiger partial charge in [0.1, 0.15) is 5.75 Å². The molecule has 1 fully saturated rings. The minimum Gasteiger partial charge on any atom is -0.497 e. The van der Waals surface area contributed by atoms with Crippen molar-refractivity contribution in [2.75, 3.05) is 27.7 Å². The zero-order valence-electron chi connectivity index (χ0n) is 18.9. The summed E-state index contributed by atoms with van der Waals surface area (Å²) in [5, 5.41) is -0.442. The standard InChI is InChI=1S/C24H34BNO3/c1-22(2)23(3,4)29-25(28-22)24(17-18-26(5)6,19-11-9-8-10-12-19)20-13-15-21(27-7)16-14-20/h8-16H,17-18H2,1-7H3. The highest BCUT2D eigenvalue weighted by Gasteiger charge is 2.60. The van der Waals surface area contributed by atoms with E-state index in [0.29, 0.717) is 0 Å². The lowest BCUT2D eigenvalue weighted by Crippen LogP contribution is -2.48. The highest BCUT2D eigenvalue weighted by Crippen LogP contribution is 2.48. The van der Waals surface area contributed by atoms with Crippen molar-refractivity contribution in [3.8, 4) is 5.75 Å². The molecule has 1 aliphatic heterocycles. The van der Waals surface area contributed by atoms with Gasteiger partial charge in [0, 0.05) is 0 Å². The first-order valence-electron chi connectivity index (χ1n) is 10.3. The van der Waals surface area contributed by atoms with Crippen LogP contribution in [0.5, 0.6) is 5.75 Å². The molecule has 1 unspecified atom stereocenters. The fourth-order valence-corrected chi connectivity index (χ4v) is 3.91. The third kappa shape index (κ3) is 4.09. The molecule has 0 aliphatic carbocycles. The maximum absolute atomic E-state index is 6.66. The van der Waals surface area contributed by atoms with Gasteiger partial charge in [0.05, 0.1) is 23.6 Å². The van der Waals surface area contributed by atoms with Gasteiger partial charge in [-0.1, -0.05) is 42.5 Å². The van der Waals surface area contributed by atoms with E-state index in [1.165, 1.54) is 11.1 Å².